The fraction of sp³-hybridized carbons (Fsp3) is 0.179. The van der Waals surface area contributed by atoms with Gasteiger partial charge in [0.05, 0.1) is 17.1 Å². The van der Waals surface area contributed by atoms with E-state index in [1.54, 1.807) is 28.8 Å². The summed E-state index contributed by atoms with van der Waals surface area (Å²) in [6.45, 7) is 0.900. The van der Waals surface area contributed by atoms with E-state index in [1.807, 2.05) is 36.4 Å². The molecule has 7 nitrogen and oxygen atoms in total. The summed E-state index contributed by atoms with van der Waals surface area (Å²) in [7, 11) is 0. The first kappa shape index (κ1) is 22.2. The number of aromatic nitrogens is 1. The smallest absolute Gasteiger partial charge is 0.339 e. The van der Waals surface area contributed by atoms with Crippen LogP contribution in [0.15, 0.2) is 77.6 Å². The summed E-state index contributed by atoms with van der Waals surface area (Å²) in [5.41, 5.74) is 3.64. The molecule has 0 spiro atoms. The summed E-state index contributed by atoms with van der Waals surface area (Å²) in [6.07, 6.45) is -1.02. The Morgan fingerprint density at radius 2 is 1.78 bits per heavy atom. The van der Waals surface area contributed by atoms with Crippen molar-refractivity contribution in [2.75, 3.05) is 13.1 Å². The van der Waals surface area contributed by atoms with Gasteiger partial charge in [-0.15, -0.1) is 0 Å². The molecule has 3 aromatic carbocycles. The first-order chi connectivity index (χ1) is 17.5. The zero-order valence-corrected chi connectivity index (χ0v) is 19.2. The topological polar surface area (TPSA) is 89.4 Å². The number of hydrogen-bond donors (Lipinski definition) is 2. The Morgan fingerprint density at radius 3 is 2.61 bits per heavy atom. The lowest BCUT2D eigenvalue weighted by Gasteiger charge is -2.16. The molecule has 0 fully saturated rings. The van der Waals surface area contributed by atoms with Crippen molar-refractivity contribution in [3.8, 4) is 11.1 Å². The Labute approximate surface area is 205 Å². The molecule has 0 saturated carbocycles. The SMILES string of the molecule is O=C1O[C@H](C(=O)NCCN[C@H]2Cn3c(=O)ccc4ccc(F)c2c43)c2ccc(-c3ccccc3)cc21. The number of fused-ring (bicyclic) bond motifs is 1. The highest BCUT2D eigenvalue weighted by molar-refractivity contribution is 6.00. The average molecular weight is 483 g/mol. The van der Waals surface area contributed by atoms with Gasteiger partial charge in [-0.1, -0.05) is 42.5 Å². The number of rotatable bonds is 6. The standard InChI is InChI=1S/C28H22FN3O4/c29-21-10-7-17-8-11-23(33)32-15-22(24(21)25(17)32)30-12-13-31-27(34)26-19-9-6-18(14-20(19)28(35)36-26)16-4-2-1-3-5-16/h1-11,14,22,26,30H,12-13,15H2,(H,31,34)/t22-,26-/m0/s1. The number of pyridine rings is 1. The minimum absolute atomic E-state index is 0.177. The van der Waals surface area contributed by atoms with Crippen molar-refractivity contribution in [3.63, 3.8) is 0 Å². The molecule has 2 aliphatic heterocycles. The second kappa shape index (κ2) is 8.73. The molecular weight excluding hydrogens is 461 g/mol. The van der Waals surface area contributed by atoms with E-state index in [9.17, 15) is 18.8 Å². The number of ether oxygens (including phenoxy) is 1. The van der Waals surface area contributed by atoms with Crippen molar-refractivity contribution in [2.45, 2.75) is 18.7 Å². The molecule has 0 aliphatic carbocycles. The van der Waals surface area contributed by atoms with Crippen LogP contribution in [0.5, 0.6) is 0 Å². The largest absolute Gasteiger partial charge is 0.444 e. The maximum absolute atomic E-state index is 14.6. The minimum atomic E-state index is -1.02. The summed E-state index contributed by atoms with van der Waals surface area (Å²) >= 11 is 0. The highest BCUT2D eigenvalue weighted by atomic mass is 19.1. The van der Waals surface area contributed by atoms with Gasteiger partial charge >= 0.3 is 5.97 Å². The number of cyclic esters (lactones) is 1. The molecular formula is C28H22FN3O4. The van der Waals surface area contributed by atoms with Crippen LogP contribution in [0.2, 0.25) is 0 Å². The zero-order chi connectivity index (χ0) is 24.8. The Morgan fingerprint density at radius 1 is 0.972 bits per heavy atom. The van der Waals surface area contributed by atoms with Crippen LogP contribution >= 0.6 is 0 Å². The van der Waals surface area contributed by atoms with Gasteiger partial charge < -0.3 is 19.9 Å². The summed E-state index contributed by atoms with van der Waals surface area (Å²) in [4.78, 5) is 37.5. The molecule has 1 amide bonds. The fourth-order valence-electron chi connectivity index (χ4n) is 5.08. The van der Waals surface area contributed by atoms with Gasteiger partial charge in [0, 0.05) is 36.8 Å². The van der Waals surface area contributed by atoms with Crippen molar-refractivity contribution in [2.24, 2.45) is 0 Å². The third-order valence-electron chi connectivity index (χ3n) is 6.79. The molecule has 0 bridgehead atoms. The van der Waals surface area contributed by atoms with Crippen LogP contribution in [0.25, 0.3) is 22.0 Å². The number of hydrogen-bond acceptors (Lipinski definition) is 5. The summed E-state index contributed by atoms with van der Waals surface area (Å²) in [5, 5.41) is 6.83. The van der Waals surface area contributed by atoms with E-state index in [-0.39, 0.29) is 24.0 Å². The molecule has 0 radical (unpaired) electrons. The Bertz CT molecular complexity index is 1580. The number of benzene rings is 3. The van der Waals surface area contributed by atoms with Crippen LogP contribution < -0.4 is 16.2 Å². The van der Waals surface area contributed by atoms with Gasteiger partial charge in [0.25, 0.3) is 11.5 Å². The highest BCUT2D eigenvalue weighted by Crippen LogP contribution is 2.35. The van der Waals surface area contributed by atoms with Crippen LogP contribution in [0, 0.1) is 5.82 Å². The van der Waals surface area contributed by atoms with Crippen molar-refractivity contribution in [1.29, 1.82) is 0 Å². The van der Waals surface area contributed by atoms with Crippen LogP contribution in [0.1, 0.15) is 33.6 Å². The van der Waals surface area contributed by atoms with Gasteiger partial charge in [0.15, 0.2) is 0 Å². The third-order valence-corrected chi connectivity index (χ3v) is 6.79. The van der Waals surface area contributed by atoms with Crippen molar-refractivity contribution in [1.82, 2.24) is 15.2 Å². The molecule has 4 aromatic rings. The van der Waals surface area contributed by atoms with Crippen LogP contribution in [-0.4, -0.2) is 29.5 Å². The molecule has 2 atom stereocenters. The number of esters is 1. The van der Waals surface area contributed by atoms with E-state index in [2.05, 4.69) is 10.6 Å². The number of carbonyl (C=O) groups is 2. The maximum Gasteiger partial charge on any atom is 0.339 e. The number of amides is 1. The predicted octanol–water partition coefficient (Wildman–Crippen LogP) is 3.48. The quantitative estimate of drug-likeness (QED) is 0.324. The van der Waals surface area contributed by atoms with E-state index >= 15 is 0 Å². The molecule has 36 heavy (non-hydrogen) atoms. The summed E-state index contributed by atoms with van der Waals surface area (Å²) in [6, 6.07) is 20.9. The number of carbonyl (C=O) groups excluding carboxylic acids is 2. The fourth-order valence-corrected chi connectivity index (χ4v) is 5.08. The van der Waals surface area contributed by atoms with E-state index < -0.39 is 18.0 Å². The Kier molecular flexibility index (Phi) is 5.38. The summed E-state index contributed by atoms with van der Waals surface area (Å²) in [5.74, 6) is -1.32. The molecule has 3 heterocycles. The zero-order valence-electron chi connectivity index (χ0n) is 19.2. The van der Waals surface area contributed by atoms with E-state index in [0.29, 0.717) is 35.3 Å². The minimum Gasteiger partial charge on any atom is -0.444 e. The van der Waals surface area contributed by atoms with Crippen LogP contribution in [-0.2, 0) is 16.1 Å². The van der Waals surface area contributed by atoms with Crippen molar-refractivity contribution < 1.29 is 18.7 Å². The molecule has 2 N–H and O–H groups in total. The lowest BCUT2D eigenvalue weighted by atomic mass is 9.98. The molecule has 0 unspecified atom stereocenters. The Balaban J connectivity index is 1.11. The summed E-state index contributed by atoms with van der Waals surface area (Å²) < 4.78 is 21.6. The second-order valence-corrected chi connectivity index (χ2v) is 8.93. The molecule has 0 saturated heterocycles. The van der Waals surface area contributed by atoms with E-state index in [4.69, 9.17) is 4.74 Å². The lowest BCUT2D eigenvalue weighted by Crippen LogP contribution is -2.36. The molecule has 6 rings (SSSR count). The third kappa shape index (κ3) is 3.67. The van der Waals surface area contributed by atoms with Gasteiger partial charge in [-0.3, -0.25) is 9.59 Å². The van der Waals surface area contributed by atoms with Gasteiger partial charge in [-0.05, 0) is 40.8 Å². The number of nitrogens with one attached hydrogen (secondary N) is 2. The van der Waals surface area contributed by atoms with Gasteiger partial charge in [0.2, 0.25) is 6.10 Å². The maximum atomic E-state index is 14.6. The predicted molar refractivity (Wildman–Crippen MR) is 132 cm³/mol. The molecule has 2 aliphatic rings. The number of halogens is 1. The first-order valence-electron chi connectivity index (χ1n) is 11.7. The van der Waals surface area contributed by atoms with Gasteiger partial charge in [-0.25, -0.2) is 9.18 Å². The first-order valence-corrected chi connectivity index (χ1v) is 11.7. The van der Waals surface area contributed by atoms with Crippen LogP contribution in [0.4, 0.5) is 4.39 Å². The van der Waals surface area contributed by atoms with Crippen LogP contribution in [0.3, 0.4) is 0 Å². The highest BCUT2D eigenvalue weighted by Gasteiger charge is 2.36. The average Bonchev–Trinajstić information content (AvgIpc) is 3.45. The van der Waals surface area contributed by atoms with Crippen molar-refractivity contribution in [3.05, 3.63) is 106 Å². The molecule has 180 valence electrons. The van der Waals surface area contributed by atoms with Crippen molar-refractivity contribution >= 4 is 22.8 Å². The van der Waals surface area contributed by atoms with E-state index in [1.165, 1.54) is 12.1 Å². The molecule has 1 aromatic heterocycles. The van der Waals surface area contributed by atoms with Gasteiger partial charge in [0.1, 0.15) is 5.82 Å². The van der Waals surface area contributed by atoms with Gasteiger partial charge in [-0.2, -0.15) is 0 Å². The Hall–Kier alpha value is -4.30. The second-order valence-electron chi connectivity index (χ2n) is 8.93. The molecule has 8 heteroatoms. The number of nitrogens with zero attached hydrogens (tertiary/aromatic N) is 1. The van der Waals surface area contributed by atoms with E-state index in [0.717, 1.165) is 16.5 Å². The lowest BCUT2D eigenvalue weighted by molar-refractivity contribution is -0.129. The normalized spacial score (nSPS) is 17.8. The monoisotopic (exact) mass is 483 g/mol.